The maximum absolute atomic E-state index is 12.2. The van der Waals surface area contributed by atoms with Crippen LogP contribution in [0.3, 0.4) is 0 Å². The van der Waals surface area contributed by atoms with Gasteiger partial charge in [-0.25, -0.2) is 0 Å². The van der Waals surface area contributed by atoms with E-state index in [-0.39, 0.29) is 5.91 Å². The van der Waals surface area contributed by atoms with Crippen LogP contribution in [0.15, 0.2) is 22.8 Å². The van der Waals surface area contributed by atoms with Crippen LogP contribution in [0.5, 0.6) is 0 Å². The van der Waals surface area contributed by atoms with Crippen molar-refractivity contribution in [1.29, 1.82) is 0 Å². The van der Waals surface area contributed by atoms with Crippen LogP contribution < -0.4 is 10.6 Å². The van der Waals surface area contributed by atoms with Crippen molar-refractivity contribution in [3.05, 3.63) is 35.1 Å². The van der Waals surface area contributed by atoms with Gasteiger partial charge in [0.1, 0.15) is 5.58 Å². The third-order valence-electron chi connectivity index (χ3n) is 4.93. The summed E-state index contributed by atoms with van der Waals surface area (Å²) >= 11 is 0. The summed E-state index contributed by atoms with van der Waals surface area (Å²) in [6, 6.07) is 4.82. The van der Waals surface area contributed by atoms with Crippen molar-refractivity contribution < 1.29 is 9.21 Å². The van der Waals surface area contributed by atoms with Gasteiger partial charge >= 0.3 is 0 Å². The monoisotopic (exact) mass is 298 g/mol. The molecule has 4 rings (SSSR count). The molecule has 4 nitrogen and oxygen atoms in total. The molecule has 2 aromatic rings. The highest BCUT2D eigenvalue weighted by molar-refractivity contribution is 5.88. The van der Waals surface area contributed by atoms with Gasteiger partial charge in [-0.15, -0.1) is 0 Å². The van der Waals surface area contributed by atoms with Gasteiger partial charge in [-0.3, -0.25) is 4.79 Å². The normalized spacial score (nSPS) is 20.5. The van der Waals surface area contributed by atoms with Gasteiger partial charge in [0.2, 0.25) is 5.91 Å². The average molecular weight is 298 g/mol. The first kappa shape index (κ1) is 13.8. The van der Waals surface area contributed by atoms with Gasteiger partial charge < -0.3 is 15.1 Å². The van der Waals surface area contributed by atoms with E-state index in [1.54, 1.807) is 6.26 Å². The van der Waals surface area contributed by atoms with Gasteiger partial charge in [0.05, 0.1) is 12.7 Å². The predicted molar refractivity (Wildman–Crippen MR) is 86.0 cm³/mol. The Morgan fingerprint density at radius 1 is 1.27 bits per heavy atom. The molecule has 0 spiro atoms. The molecule has 1 amide bonds. The van der Waals surface area contributed by atoms with E-state index < -0.39 is 0 Å². The molecular formula is C18H22N2O2. The number of aryl methyl sites for hydroxylation is 2. The van der Waals surface area contributed by atoms with Crippen molar-refractivity contribution in [3.8, 4) is 0 Å². The fraction of sp³-hybridized carbons (Fsp3) is 0.500. The summed E-state index contributed by atoms with van der Waals surface area (Å²) in [6.07, 6.45) is 8.03. The third kappa shape index (κ3) is 2.63. The SMILES string of the molecule is O=C(Cc1coc2cc3c(cc12)CCC3)NCC1CCCN1. The Labute approximate surface area is 130 Å². The second-order valence-corrected chi connectivity index (χ2v) is 6.51. The molecule has 0 bridgehead atoms. The Balaban J connectivity index is 1.45. The Hall–Kier alpha value is -1.81. The lowest BCUT2D eigenvalue weighted by atomic mass is 10.0. The lowest BCUT2D eigenvalue weighted by molar-refractivity contribution is -0.120. The molecule has 1 atom stereocenters. The fourth-order valence-corrected chi connectivity index (χ4v) is 3.69. The zero-order valence-corrected chi connectivity index (χ0v) is 12.8. The van der Waals surface area contributed by atoms with Crippen LogP contribution in [-0.2, 0) is 24.1 Å². The summed E-state index contributed by atoms with van der Waals surface area (Å²) in [7, 11) is 0. The first-order valence-electron chi connectivity index (χ1n) is 8.31. The molecule has 116 valence electrons. The van der Waals surface area contributed by atoms with Gasteiger partial charge in [0.15, 0.2) is 0 Å². The largest absolute Gasteiger partial charge is 0.464 e. The van der Waals surface area contributed by atoms with Crippen molar-refractivity contribution >= 4 is 16.9 Å². The van der Waals surface area contributed by atoms with Crippen LogP contribution in [0.4, 0.5) is 0 Å². The Kier molecular flexibility index (Phi) is 3.62. The minimum atomic E-state index is 0.0805. The van der Waals surface area contributed by atoms with Crippen LogP contribution in [0.1, 0.15) is 36.0 Å². The molecule has 1 aromatic heterocycles. The molecule has 1 unspecified atom stereocenters. The molecular weight excluding hydrogens is 276 g/mol. The second kappa shape index (κ2) is 5.76. The molecule has 0 radical (unpaired) electrons. The molecule has 2 heterocycles. The first-order valence-corrected chi connectivity index (χ1v) is 8.31. The fourth-order valence-electron chi connectivity index (χ4n) is 3.69. The number of carbonyl (C=O) groups is 1. The van der Waals surface area contributed by atoms with E-state index in [2.05, 4.69) is 22.8 Å². The molecule has 4 heteroatoms. The molecule has 1 aliphatic heterocycles. The summed E-state index contributed by atoms with van der Waals surface area (Å²) in [5, 5.41) is 7.54. The van der Waals surface area contributed by atoms with Crippen LogP contribution >= 0.6 is 0 Å². The number of hydrogen-bond acceptors (Lipinski definition) is 3. The number of benzene rings is 1. The van der Waals surface area contributed by atoms with E-state index in [1.165, 1.54) is 24.0 Å². The lowest BCUT2D eigenvalue weighted by Gasteiger charge is -2.11. The Bertz CT molecular complexity index is 698. The quantitative estimate of drug-likeness (QED) is 0.911. The smallest absolute Gasteiger partial charge is 0.224 e. The molecule has 1 aliphatic carbocycles. The molecule has 2 aliphatic rings. The maximum Gasteiger partial charge on any atom is 0.224 e. The highest BCUT2D eigenvalue weighted by Gasteiger charge is 2.18. The van der Waals surface area contributed by atoms with Crippen molar-refractivity contribution in [2.24, 2.45) is 0 Å². The second-order valence-electron chi connectivity index (χ2n) is 6.51. The van der Waals surface area contributed by atoms with Crippen LogP contribution in [0, 0.1) is 0 Å². The zero-order chi connectivity index (χ0) is 14.9. The average Bonchev–Trinajstić information content (AvgIpc) is 3.24. The number of rotatable bonds is 4. The van der Waals surface area contributed by atoms with E-state index in [0.717, 1.165) is 48.9 Å². The summed E-state index contributed by atoms with van der Waals surface area (Å²) in [4.78, 5) is 12.2. The molecule has 22 heavy (non-hydrogen) atoms. The lowest BCUT2D eigenvalue weighted by Crippen LogP contribution is -2.37. The molecule has 1 saturated heterocycles. The van der Waals surface area contributed by atoms with Gasteiger partial charge in [0.25, 0.3) is 0 Å². The number of nitrogens with one attached hydrogen (secondary N) is 2. The first-order chi connectivity index (χ1) is 10.8. The van der Waals surface area contributed by atoms with E-state index in [0.29, 0.717) is 12.5 Å². The van der Waals surface area contributed by atoms with Gasteiger partial charge in [0, 0.05) is 23.5 Å². The molecule has 2 N–H and O–H groups in total. The van der Waals surface area contributed by atoms with E-state index in [4.69, 9.17) is 4.42 Å². The van der Waals surface area contributed by atoms with Crippen LogP contribution in [-0.4, -0.2) is 25.0 Å². The number of hydrogen-bond donors (Lipinski definition) is 2. The number of furan rings is 1. The van der Waals surface area contributed by atoms with Crippen LogP contribution in [0.25, 0.3) is 11.0 Å². The van der Waals surface area contributed by atoms with Crippen molar-refractivity contribution in [3.63, 3.8) is 0 Å². The minimum absolute atomic E-state index is 0.0805. The molecule has 1 fully saturated rings. The van der Waals surface area contributed by atoms with E-state index in [1.807, 2.05) is 0 Å². The van der Waals surface area contributed by atoms with E-state index >= 15 is 0 Å². The van der Waals surface area contributed by atoms with Crippen molar-refractivity contribution in [2.45, 2.75) is 44.6 Å². The zero-order valence-electron chi connectivity index (χ0n) is 12.8. The van der Waals surface area contributed by atoms with Gasteiger partial charge in [-0.2, -0.15) is 0 Å². The minimum Gasteiger partial charge on any atom is -0.464 e. The topological polar surface area (TPSA) is 54.3 Å². The van der Waals surface area contributed by atoms with Crippen LogP contribution in [0.2, 0.25) is 0 Å². The number of fused-ring (bicyclic) bond motifs is 2. The van der Waals surface area contributed by atoms with E-state index in [9.17, 15) is 4.79 Å². The standard InChI is InChI=1S/C18H22N2O2/c21-18(20-10-15-5-2-6-19-15)9-14-11-22-17-8-13-4-1-3-12(13)7-16(14)17/h7-8,11,15,19H,1-6,9-10H2,(H,20,21). The summed E-state index contributed by atoms with van der Waals surface area (Å²) < 4.78 is 5.66. The predicted octanol–water partition coefficient (Wildman–Crippen LogP) is 2.33. The number of carbonyl (C=O) groups excluding carboxylic acids is 1. The summed E-state index contributed by atoms with van der Waals surface area (Å²) in [5.74, 6) is 0.0805. The number of amides is 1. The maximum atomic E-state index is 12.2. The Morgan fingerprint density at radius 2 is 2.14 bits per heavy atom. The summed E-state index contributed by atoms with van der Waals surface area (Å²) in [5.41, 5.74) is 4.75. The molecule has 0 saturated carbocycles. The van der Waals surface area contributed by atoms with Crippen molar-refractivity contribution in [1.82, 2.24) is 10.6 Å². The van der Waals surface area contributed by atoms with Gasteiger partial charge in [-0.1, -0.05) is 0 Å². The van der Waals surface area contributed by atoms with Gasteiger partial charge in [-0.05, 0) is 61.9 Å². The Morgan fingerprint density at radius 3 is 2.95 bits per heavy atom. The third-order valence-corrected chi connectivity index (χ3v) is 4.93. The highest BCUT2D eigenvalue weighted by atomic mass is 16.3. The van der Waals surface area contributed by atoms with Crippen molar-refractivity contribution in [2.75, 3.05) is 13.1 Å². The molecule has 1 aromatic carbocycles. The summed E-state index contributed by atoms with van der Waals surface area (Å²) in [6.45, 7) is 1.79. The highest BCUT2D eigenvalue weighted by Crippen LogP contribution is 2.30.